The molecule has 1 aliphatic heterocycles. The van der Waals surface area contributed by atoms with E-state index in [0.29, 0.717) is 17.9 Å². The highest BCUT2D eigenvalue weighted by Gasteiger charge is 2.14. The Morgan fingerprint density at radius 3 is 2.53 bits per heavy atom. The van der Waals surface area contributed by atoms with Gasteiger partial charge in [-0.2, -0.15) is 0 Å². The summed E-state index contributed by atoms with van der Waals surface area (Å²) in [7, 11) is 3.83. The van der Waals surface area contributed by atoms with Crippen molar-refractivity contribution in [3.8, 4) is 11.5 Å². The largest absolute Gasteiger partial charge is 0.496 e. The summed E-state index contributed by atoms with van der Waals surface area (Å²) in [6, 6.07) is 11.1. The third-order valence-corrected chi connectivity index (χ3v) is 5.64. The summed E-state index contributed by atoms with van der Waals surface area (Å²) >= 11 is 0. The first-order valence-electron chi connectivity index (χ1n) is 10.4. The molecule has 0 aliphatic carbocycles. The molecule has 30 heavy (non-hydrogen) atoms. The molecule has 0 amide bonds. The lowest BCUT2D eigenvalue weighted by Crippen LogP contribution is -2.44. The summed E-state index contributed by atoms with van der Waals surface area (Å²) in [4.78, 5) is 15.5. The van der Waals surface area contributed by atoms with Gasteiger partial charge in [-0.3, -0.25) is 10.1 Å². The van der Waals surface area contributed by atoms with Crippen molar-refractivity contribution in [3.63, 3.8) is 0 Å². The Balaban J connectivity index is 1.57. The van der Waals surface area contributed by atoms with E-state index >= 15 is 0 Å². The van der Waals surface area contributed by atoms with Crippen LogP contribution in [-0.4, -0.2) is 61.6 Å². The van der Waals surface area contributed by atoms with Gasteiger partial charge in [0.15, 0.2) is 0 Å². The molecule has 7 heteroatoms. The maximum Gasteiger partial charge on any atom is 0.272 e. The second-order valence-corrected chi connectivity index (χ2v) is 7.89. The third-order valence-electron chi connectivity index (χ3n) is 5.64. The Labute approximate surface area is 178 Å². The third kappa shape index (κ3) is 5.93. The summed E-state index contributed by atoms with van der Waals surface area (Å²) in [5.74, 6) is 1.40. The fourth-order valence-corrected chi connectivity index (χ4v) is 3.76. The summed E-state index contributed by atoms with van der Waals surface area (Å²) in [5.41, 5.74) is 2.93. The average Bonchev–Trinajstić information content (AvgIpc) is 2.73. The number of hydrogen-bond acceptors (Lipinski definition) is 6. The second kappa shape index (κ2) is 10.4. The van der Waals surface area contributed by atoms with Crippen LogP contribution in [-0.2, 0) is 13.0 Å². The molecule has 7 nitrogen and oxygen atoms in total. The first kappa shape index (κ1) is 22.1. The predicted molar refractivity (Wildman–Crippen MR) is 117 cm³/mol. The molecule has 0 N–H and O–H groups in total. The van der Waals surface area contributed by atoms with Crippen molar-refractivity contribution in [2.45, 2.75) is 26.4 Å². The number of nitrogens with zero attached hydrogens (tertiary/aromatic N) is 3. The van der Waals surface area contributed by atoms with Crippen LogP contribution in [0.1, 0.15) is 23.1 Å². The van der Waals surface area contributed by atoms with Gasteiger partial charge in [0.25, 0.3) is 5.69 Å². The van der Waals surface area contributed by atoms with E-state index in [1.165, 1.54) is 11.6 Å². The lowest BCUT2D eigenvalue weighted by atomic mass is 10.1. The number of piperazine rings is 1. The lowest BCUT2D eigenvalue weighted by molar-refractivity contribution is -0.385. The first-order valence-corrected chi connectivity index (χ1v) is 10.4. The number of likely N-dealkylation sites (N-methyl/N-ethyl adjacent to an activating group) is 1. The molecule has 2 aromatic carbocycles. The second-order valence-electron chi connectivity index (χ2n) is 7.89. The van der Waals surface area contributed by atoms with Crippen molar-refractivity contribution in [2.24, 2.45) is 0 Å². The highest BCUT2D eigenvalue weighted by Crippen LogP contribution is 2.26. The Morgan fingerprint density at radius 1 is 1.10 bits per heavy atom. The molecule has 1 aliphatic rings. The van der Waals surface area contributed by atoms with Crippen LogP contribution in [0.4, 0.5) is 5.69 Å². The Kier molecular flexibility index (Phi) is 7.65. The van der Waals surface area contributed by atoms with E-state index in [1.807, 2.05) is 6.07 Å². The smallest absolute Gasteiger partial charge is 0.272 e. The van der Waals surface area contributed by atoms with Crippen molar-refractivity contribution in [2.75, 3.05) is 46.9 Å². The number of nitro groups is 1. The zero-order valence-corrected chi connectivity index (χ0v) is 18.1. The van der Waals surface area contributed by atoms with Crippen molar-refractivity contribution >= 4 is 5.69 Å². The Morgan fingerprint density at radius 2 is 1.87 bits per heavy atom. The molecule has 0 radical (unpaired) electrons. The summed E-state index contributed by atoms with van der Waals surface area (Å²) < 4.78 is 11.4. The number of methoxy groups -OCH3 is 1. The van der Waals surface area contributed by atoms with Gasteiger partial charge in [0, 0.05) is 43.4 Å². The molecule has 2 aromatic rings. The molecular formula is C23H31N3O4. The van der Waals surface area contributed by atoms with Gasteiger partial charge in [0.05, 0.1) is 12.0 Å². The number of benzene rings is 2. The molecule has 0 spiro atoms. The SMILES string of the molecule is COc1ccc(CCCN2CCN(C)CC2)cc1COc1ccc([N+](=O)[O-])c(C)c1. The van der Waals surface area contributed by atoms with E-state index in [2.05, 4.69) is 29.0 Å². The molecule has 0 saturated carbocycles. The van der Waals surface area contributed by atoms with Crippen molar-refractivity contribution in [1.29, 1.82) is 0 Å². The van der Waals surface area contributed by atoms with Crippen molar-refractivity contribution < 1.29 is 14.4 Å². The van der Waals surface area contributed by atoms with Gasteiger partial charge in [-0.1, -0.05) is 6.07 Å². The van der Waals surface area contributed by atoms with Crippen LogP contribution in [0, 0.1) is 17.0 Å². The van der Waals surface area contributed by atoms with E-state index in [0.717, 1.165) is 56.9 Å². The van der Waals surface area contributed by atoms with E-state index in [4.69, 9.17) is 9.47 Å². The van der Waals surface area contributed by atoms with Crippen LogP contribution < -0.4 is 9.47 Å². The molecule has 0 atom stereocenters. The molecule has 3 rings (SSSR count). The first-order chi connectivity index (χ1) is 14.5. The predicted octanol–water partition coefficient (Wildman–Crippen LogP) is 3.67. The number of aryl methyl sites for hydroxylation is 2. The van der Waals surface area contributed by atoms with Crippen LogP contribution in [0.3, 0.4) is 0 Å². The minimum atomic E-state index is -0.381. The van der Waals surface area contributed by atoms with Crippen LogP contribution in [0.2, 0.25) is 0 Å². The molecule has 1 saturated heterocycles. The maximum atomic E-state index is 11.0. The fraction of sp³-hybridized carbons (Fsp3) is 0.478. The lowest BCUT2D eigenvalue weighted by Gasteiger charge is -2.32. The average molecular weight is 414 g/mol. The van der Waals surface area contributed by atoms with Crippen molar-refractivity contribution in [1.82, 2.24) is 9.80 Å². The number of ether oxygens (including phenoxy) is 2. The van der Waals surface area contributed by atoms with Crippen LogP contribution in [0.5, 0.6) is 11.5 Å². The summed E-state index contributed by atoms with van der Waals surface area (Å²) in [6.45, 7) is 7.77. The van der Waals surface area contributed by atoms with Gasteiger partial charge in [0.1, 0.15) is 18.1 Å². The van der Waals surface area contributed by atoms with Crippen molar-refractivity contribution in [3.05, 3.63) is 63.2 Å². The van der Waals surface area contributed by atoms with E-state index in [1.54, 1.807) is 26.2 Å². The minimum absolute atomic E-state index is 0.0993. The zero-order chi connectivity index (χ0) is 21.5. The summed E-state index contributed by atoms with van der Waals surface area (Å²) in [6.07, 6.45) is 2.14. The molecule has 0 bridgehead atoms. The van der Waals surface area contributed by atoms with E-state index in [9.17, 15) is 10.1 Å². The van der Waals surface area contributed by atoms with E-state index in [-0.39, 0.29) is 10.6 Å². The Hall–Kier alpha value is -2.64. The zero-order valence-electron chi connectivity index (χ0n) is 18.1. The normalized spacial score (nSPS) is 15.2. The minimum Gasteiger partial charge on any atom is -0.496 e. The number of hydrogen-bond donors (Lipinski definition) is 0. The quantitative estimate of drug-likeness (QED) is 0.462. The molecule has 162 valence electrons. The highest BCUT2D eigenvalue weighted by atomic mass is 16.6. The summed E-state index contributed by atoms with van der Waals surface area (Å²) in [5, 5.41) is 11.0. The highest BCUT2D eigenvalue weighted by molar-refractivity contribution is 5.44. The standard InChI is InChI=1S/C23H31N3O4/c1-18-15-21(7-8-22(18)26(27)28)30-17-20-16-19(6-9-23(20)29-3)5-4-10-25-13-11-24(2)12-14-25/h6-9,15-16H,4-5,10-14,17H2,1-3H3. The van der Waals surface area contributed by atoms with Crippen LogP contribution in [0.25, 0.3) is 0 Å². The van der Waals surface area contributed by atoms with Gasteiger partial charge >= 0.3 is 0 Å². The topological polar surface area (TPSA) is 68.1 Å². The number of rotatable bonds is 9. The van der Waals surface area contributed by atoms with Crippen LogP contribution >= 0.6 is 0 Å². The van der Waals surface area contributed by atoms with Gasteiger partial charge in [-0.15, -0.1) is 0 Å². The monoisotopic (exact) mass is 413 g/mol. The van der Waals surface area contributed by atoms with Gasteiger partial charge in [-0.25, -0.2) is 0 Å². The molecule has 1 heterocycles. The molecular weight excluding hydrogens is 382 g/mol. The van der Waals surface area contributed by atoms with E-state index < -0.39 is 0 Å². The number of nitro benzene ring substituents is 1. The fourth-order valence-electron chi connectivity index (χ4n) is 3.76. The molecule has 1 fully saturated rings. The maximum absolute atomic E-state index is 11.0. The molecule has 0 unspecified atom stereocenters. The van der Waals surface area contributed by atoms with Crippen LogP contribution in [0.15, 0.2) is 36.4 Å². The van der Waals surface area contributed by atoms with Gasteiger partial charge in [0.2, 0.25) is 0 Å². The van der Waals surface area contributed by atoms with Gasteiger partial charge < -0.3 is 19.3 Å². The Bertz CT molecular complexity index is 864. The molecule has 0 aromatic heterocycles. The van der Waals surface area contributed by atoms with Gasteiger partial charge in [-0.05, 0) is 63.2 Å².